The van der Waals surface area contributed by atoms with Crippen molar-refractivity contribution in [2.75, 3.05) is 0 Å². The van der Waals surface area contributed by atoms with Gasteiger partial charge in [-0.1, -0.05) is 41.4 Å². The van der Waals surface area contributed by atoms with Crippen LogP contribution in [-0.4, -0.2) is 6.21 Å². The average molecular weight is 361 g/mol. The lowest BCUT2D eigenvalue weighted by Gasteiger charge is -1.99. The first-order valence-electron chi connectivity index (χ1n) is 5.07. The van der Waals surface area contributed by atoms with Crippen LogP contribution >= 0.6 is 51.1 Å². The lowest BCUT2D eigenvalue weighted by Crippen LogP contribution is -1.80. The number of hydrogen-bond donors (Lipinski definition) is 0. The quantitative estimate of drug-likeness (QED) is 0.491. The molecule has 0 saturated heterocycles. The fourth-order valence-electron chi connectivity index (χ4n) is 1.26. The minimum absolute atomic E-state index is 0.534. The van der Waals surface area contributed by atoms with E-state index < -0.39 is 0 Å². The summed E-state index contributed by atoms with van der Waals surface area (Å²) in [7, 11) is 0. The van der Waals surface area contributed by atoms with Crippen LogP contribution in [0.1, 0.15) is 5.56 Å². The molecule has 0 aliphatic carbocycles. The van der Waals surface area contributed by atoms with E-state index in [2.05, 4.69) is 20.3 Å². The first-order chi connectivity index (χ1) is 8.66. The van der Waals surface area contributed by atoms with Gasteiger partial charge in [0, 0.05) is 27.5 Å². The molecular formula is C13H8BrCl2NS. The molecule has 0 aliphatic rings. The largest absolute Gasteiger partial charge is 0.219 e. The van der Waals surface area contributed by atoms with Crippen molar-refractivity contribution < 1.29 is 0 Å². The van der Waals surface area contributed by atoms with Crippen LogP contribution in [-0.2, 0) is 0 Å². The molecule has 0 saturated carbocycles. The van der Waals surface area contributed by atoms with Gasteiger partial charge >= 0.3 is 0 Å². The predicted octanol–water partition coefficient (Wildman–Crippen LogP) is 5.88. The molecule has 0 spiro atoms. The Morgan fingerprint density at radius 2 is 1.83 bits per heavy atom. The van der Waals surface area contributed by atoms with Gasteiger partial charge in [0.1, 0.15) is 0 Å². The minimum Gasteiger partial charge on any atom is -0.219 e. The van der Waals surface area contributed by atoms with Crippen LogP contribution in [0.5, 0.6) is 0 Å². The van der Waals surface area contributed by atoms with Gasteiger partial charge in [0.25, 0.3) is 0 Å². The van der Waals surface area contributed by atoms with Gasteiger partial charge in [-0.3, -0.25) is 0 Å². The SMILES string of the molecule is Clc1ccc(/C=N/Sc2ccccc2Br)cc1Cl. The molecule has 0 aliphatic heterocycles. The molecule has 5 heteroatoms. The average Bonchev–Trinajstić information content (AvgIpc) is 2.36. The van der Waals surface area contributed by atoms with Crippen molar-refractivity contribution in [2.24, 2.45) is 4.40 Å². The highest BCUT2D eigenvalue weighted by Gasteiger charge is 1.99. The van der Waals surface area contributed by atoms with Crippen LogP contribution in [0.25, 0.3) is 0 Å². The molecule has 18 heavy (non-hydrogen) atoms. The van der Waals surface area contributed by atoms with E-state index in [0.29, 0.717) is 10.0 Å². The Morgan fingerprint density at radius 1 is 1.06 bits per heavy atom. The standard InChI is InChI=1S/C13H8BrCl2NS/c14-10-3-1-2-4-13(10)18-17-8-9-5-6-11(15)12(16)7-9/h1-8H/b17-8+. The summed E-state index contributed by atoms with van der Waals surface area (Å²) in [5.74, 6) is 0. The van der Waals surface area contributed by atoms with Crippen molar-refractivity contribution in [3.63, 3.8) is 0 Å². The van der Waals surface area contributed by atoms with Crippen molar-refractivity contribution in [1.29, 1.82) is 0 Å². The van der Waals surface area contributed by atoms with Gasteiger partial charge in [0.15, 0.2) is 0 Å². The fourth-order valence-corrected chi connectivity index (χ4v) is 2.65. The predicted molar refractivity (Wildman–Crippen MR) is 84.1 cm³/mol. The van der Waals surface area contributed by atoms with Crippen LogP contribution in [0, 0.1) is 0 Å². The van der Waals surface area contributed by atoms with E-state index in [0.717, 1.165) is 14.9 Å². The van der Waals surface area contributed by atoms with Gasteiger partial charge < -0.3 is 0 Å². The number of rotatable bonds is 3. The summed E-state index contributed by atoms with van der Waals surface area (Å²) in [6, 6.07) is 13.3. The Morgan fingerprint density at radius 3 is 2.56 bits per heavy atom. The van der Waals surface area contributed by atoms with Crippen molar-refractivity contribution in [3.05, 3.63) is 62.5 Å². The normalized spacial score (nSPS) is 11.1. The van der Waals surface area contributed by atoms with Crippen molar-refractivity contribution >= 4 is 57.3 Å². The summed E-state index contributed by atoms with van der Waals surface area (Å²) >= 11 is 16.6. The molecule has 2 aromatic rings. The van der Waals surface area contributed by atoms with Crippen LogP contribution in [0.3, 0.4) is 0 Å². The third-order valence-corrected chi connectivity index (χ3v) is 4.59. The molecule has 0 aromatic heterocycles. The second-order valence-corrected chi connectivity index (χ2v) is 5.93. The fraction of sp³-hybridized carbons (Fsp3) is 0. The van der Waals surface area contributed by atoms with Crippen LogP contribution in [0.15, 0.2) is 56.2 Å². The smallest absolute Gasteiger partial charge is 0.0598 e. The molecule has 0 radical (unpaired) electrons. The van der Waals surface area contributed by atoms with E-state index in [4.69, 9.17) is 23.2 Å². The minimum atomic E-state index is 0.534. The Balaban J connectivity index is 2.08. The molecule has 2 rings (SSSR count). The lowest BCUT2D eigenvalue weighted by atomic mass is 10.2. The maximum Gasteiger partial charge on any atom is 0.0598 e. The van der Waals surface area contributed by atoms with E-state index in [1.807, 2.05) is 30.3 Å². The third kappa shape index (κ3) is 3.75. The van der Waals surface area contributed by atoms with E-state index in [-0.39, 0.29) is 0 Å². The third-order valence-electron chi connectivity index (χ3n) is 2.13. The second-order valence-electron chi connectivity index (χ2n) is 3.43. The summed E-state index contributed by atoms with van der Waals surface area (Å²) in [4.78, 5) is 1.06. The first-order valence-corrected chi connectivity index (χ1v) is 7.39. The van der Waals surface area contributed by atoms with Gasteiger partial charge in [0.05, 0.1) is 10.0 Å². The topological polar surface area (TPSA) is 12.4 Å². The molecular weight excluding hydrogens is 353 g/mol. The maximum absolute atomic E-state index is 5.93. The van der Waals surface area contributed by atoms with Crippen molar-refractivity contribution in [2.45, 2.75) is 4.90 Å². The highest BCUT2D eigenvalue weighted by Crippen LogP contribution is 2.28. The van der Waals surface area contributed by atoms with Gasteiger partial charge in [-0.15, -0.1) is 0 Å². The molecule has 92 valence electrons. The molecule has 0 heterocycles. The molecule has 0 amide bonds. The van der Waals surface area contributed by atoms with Gasteiger partial charge in [-0.2, -0.15) is 0 Å². The van der Waals surface area contributed by atoms with Crippen molar-refractivity contribution in [3.8, 4) is 0 Å². The Kier molecular flexibility index (Phi) is 5.13. The van der Waals surface area contributed by atoms with Crippen LogP contribution in [0.2, 0.25) is 10.0 Å². The maximum atomic E-state index is 5.93. The van der Waals surface area contributed by atoms with Gasteiger partial charge in [0.2, 0.25) is 0 Å². The number of hydrogen-bond acceptors (Lipinski definition) is 2. The Labute approximate surface area is 128 Å². The molecule has 0 N–H and O–H groups in total. The zero-order valence-electron chi connectivity index (χ0n) is 9.11. The molecule has 0 atom stereocenters. The molecule has 0 fully saturated rings. The Hall–Kier alpha value is -0.480. The van der Waals surface area contributed by atoms with E-state index >= 15 is 0 Å². The molecule has 0 bridgehead atoms. The summed E-state index contributed by atoms with van der Waals surface area (Å²) < 4.78 is 5.33. The van der Waals surface area contributed by atoms with E-state index in [1.165, 1.54) is 11.9 Å². The summed E-state index contributed by atoms with van der Waals surface area (Å²) in [6.07, 6.45) is 1.76. The van der Waals surface area contributed by atoms with Crippen LogP contribution in [0.4, 0.5) is 0 Å². The van der Waals surface area contributed by atoms with E-state index in [9.17, 15) is 0 Å². The zero-order valence-corrected chi connectivity index (χ0v) is 13.0. The number of nitrogens with zero attached hydrogens (tertiary/aromatic N) is 1. The first kappa shape index (κ1) is 13.9. The van der Waals surface area contributed by atoms with Crippen molar-refractivity contribution in [1.82, 2.24) is 0 Å². The zero-order chi connectivity index (χ0) is 13.0. The summed E-state index contributed by atoms with van der Waals surface area (Å²) in [6.45, 7) is 0. The summed E-state index contributed by atoms with van der Waals surface area (Å²) in [5.41, 5.74) is 0.920. The molecule has 0 unspecified atom stereocenters. The lowest BCUT2D eigenvalue weighted by molar-refractivity contribution is 1.41. The number of benzene rings is 2. The van der Waals surface area contributed by atoms with Gasteiger partial charge in [-0.25, -0.2) is 4.40 Å². The highest BCUT2D eigenvalue weighted by molar-refractivity contribution is 9.10. The molecule has 1 nitrogen and oxygen atoms in total. The number of halogens is 3. The highest BCUT2D eigenvalue weighted by atomic mass is 79.9. The van der Waals surface area contributed by atoms with Gasteiger partial charge in [-0.05, 0) is 45.8 Å². The van der Waals surface area contributed by atoms with E-state index in [1.54, 1.807) is 18.3 Å². The monoisotopic (exact) mass is 359 g/mol. The Bertz CT molecular complexity index is 587. The second kappa shape index (κ2) is 6.62. The van der Waals surface area contributed by atoms with Crippen LogP contribution < -0.4 is 0 Å². The summed E-state index contributed by atoms with van der Waals surface area (Å²) in [5, 5.41) is 1.08. The molecule has 2 aromatic carbocycles.